The molecule has 0 spiro atoms. The van der Waals surface area contributed by atoms with E-state index in [1.165, 1.54) is 5.57 Å². The lowest BCUT2D eigenvalue weighted by Crippen LogP contribution is -2.34. The molecule has 2 aromatic heterocycles. The standard InChI is InChI=1S/C33H36N6O4/c1-22-13-14-39(27-9-6-25(7-10-27)37-31(40)20-42-16-15-41-4)19-29-32(22)33(36-21-35-29)38-26-8-12-30(23(2)17-26)43-28-11-5-24(3)34-18-28/h5-12,17-19,21H,13-16,20H2,1-4H3,(H,37,40)(H,35,36,38). The van der Waals surface area contributed by atoms with Crippen molar-refractivity contribution in [2.24, 2.45) is 0 Å². The van der Waals surface area contributed by atoms with Gasteiger partial charge in [0.25, 0.3) is 0 Å². The molecular weight excluding hydrogens is 544 g/mol. The SMILES string of the molecule is COCCOCC(=O)Nc1ccc(N2C=c3ncnc(Nc4ccc(Oc5ccc(C)nc5)c(C)c4)c3=C(C)CC2)cc1. The normalized spacial score (nSPS) is 12.7. The number of nitrogens with zero attached hydrogens (tertiary/aromatic N) is 4. The van der Waals surface area contributed by atoms with Gasteiger partial charge in [-0.25, -0.2) is 9.97 Å². The van der Waals surface area contributed by atoms with E-state index in [4.69, 9.17) is 14.2 Å². The number of anilines is 4. The number of amides is 1. The third-order valence-corrected chi connectivity index (χ3v) is 7.01. The van der Waals surface area contributed by atoms with E-state index in [9.17, 15) is 4.79 Å². The van der Waals surface area contributed by atoms with E-state index in [0.717, 1.165) is 57.7 Å². The smallest absolute Gasteiger partial charge is 0.250 e. The largest absolute Gasteiger partial charge is 0.455 e. The fraction of sp³-hybridized carbons (Fsp3) is 0.273. The van der Waals surface area contributed by atoms with Crippen molar-refractivity contribution < 1.29 is 19.0 Å². The van der Waals surface area contributed by atoms with Crippen molar-refractivity contribution in [1.29, 1.82) is 0 Å². The second-order valence-electron chi connectivity index (χ2n) is 10.3. The molecule has 0 bridgehead atoms. The summed E-state index contributed by atoms with van der Waals surface area (Å²) >= 11 is 0. The number of pyridine rings is 1. The summed E-state index contributed by atoms with van der Waals surface area (Å²) in [5.41, 5.74) is 5.74. The predicted molar refractivity (Wildman–Crippen MR) is 168 cm³/mol. The monoisotopic (exact) mass is 580 g/mol. The summed E-state index contributed by atoms with van der Waals surface area (Å²) in [6.45, 7) is 7.67. The van der Waals surface area contributed by atoms with Gasteiger partial charge >= 0.3 is 0 Å². The second-order valence-corrected chi connectivity index (χ2v) is 10.3. The number of carbonyl (C=O) groups is 1. The summed E-state index contributed by atoms with van der Waals surface area (Å²) in [4.78, 5) is 27.8. The van der Waals surface area contributed by atoms with Gasteiger partial charge in [0.2, 0.25) is 5.91 Å². The van der Waals surface area contributed by atoms with Crippen LogP contribution in [0.15, 0.2) is 67.1 Å². The fourth-order valence-electron chi connectivity index (χ4n) is 4.70. The minimum atomic E-state index is -0.206. The van der Waals surface area contributed by atoms with E-state index < -0.39 is 0 Å². The van der Waals surface area contributed by atoms with Crippen LogP contribution in [-0.2, 0) is 14.3 Å². The average molecular weight is 581 g/mol. The summed E-state index contributed by atoms with van der Waals surface area (Å²) in [5, 5.41) is 8.18. The molecule has 222 valence electrons. The van der Waals surface area contributed by atoms with Gasteiger partial charge in [0.1, 0.15) is 30.3 Å². The van der Waals surface area contributed by atoms with Crippen LogP contribution in [0.1, 0.15) is 24.6 Å². The molecule has 10 heteroatoms. The van der Waals surface area contributed by atoms with E-state index in [0.29, 0.717) is 24.7 Å². The molecule has 1 amide bonds. The summed E-state index contributed by atoms with van der Waals surface area (Å²) in [6.07, 6.45) is 6.19. The zero-order chi connectivity index (χ0) is 30.2. The van der Waals surface area contributed by atoms with Gasteiger partial charge in [-0.05, 0) is 87.4 Å². The molecule has 0 saturated carbocycles. The van der Waals surface area contributed by atoms with Crippen LogP contribution in [0.3, 0.4) is 0 Å². The number of ether oxygens (including phenoxy) is 3. The molecule has 10 nitrogen and oxygen atoms in total. The molecule has 3 heterocycles. The van der Waals surface area contributed by atoms with Gasteiger partial charge in [-0.2, -0.15) is 0 Å². The van der Waals surface area contributed by atoms with Crippen molar-refractivity contribution in [3.05, 3.63) is 88.9 Å². The molecule has 0 radical (unpaired) electrons. The summed E-state index contributed by atoms with van der Waals surface area (Å²) in [6, 6.07) is 17.5. The van der Waals surface area contributed by atoms with E-state index >= 15 is 0 Å². The van der Waals surface area contributed by atoms with Gasteiger partial charge in [-0.1, -0.05) is 5.57 Å². The quantitative estimate of drug-likeness (QED) is 0.249. The van der Waals surface area contributed by atoms with Crippen LogP contribution in [-0.4, -0.2) is 54.3 Å². The Balaban J connectivity index is 1.31. The lowest BCUT2D eigenvalue weighted by Gasteiger charge is -2.19. The highest BCUT2D eigenvalue weighted by atomic mass is 16.5. The number of aryl methyl sites for hydroxylation is 2. The molecule has 2 aromatic carbocycles. The van der Waals surface area contributed by atoms with Gasteiger partial charge in [0, 0.05) is 47.8 Å². The highest BCUT2D eigenvalue weighted by Gasteiger charge is 2.14. The van der Waals surface area contributed by atoms with Crippen LogP contribution in [0.4, 0.5) is 22.9 Å². The molecule has 1 aliphatic rings. The Hall–Kier alpha value is -4.80. The summed E-state index contributed by atoms with van der Waals surface area (Å²) in [7, 11) is 1.59. The Kier molecular flexibility index (Phi) is 9.60. The van der Waals surface area contributed by atoms with Gasteiger partial charge < -0.3 is 29.7 Å². The zero-order valence-corrected chi connectivity index (χ0v) is 24.9. The van der Waals surface area contributed by atoms with Gasteiger partial charge in [0.05, 0.1) is 24.8 Å². The number of carbonyl (C=O) groups excluding carboxylic acids is 1. The topological polar surface area (TPSA) is 111 Å². The third kappa shape index (κ3) is 7.73. The molecule has 0 atom stereocenters. The maximum absolute atomic E-state index is 12.1. The first-order valence-electron chi connectivity index (χ1n) is 14.1. The number of nitrogens with one attached hydrogen (secondary N) is 2. The van der Waals surface area contributed by atoms with E-state index in [-0.39, 0.29) is 12.5 Å². The highest BCUT2D eigenvalue weighted by Crippen LogP contribution is 2.28. The minimum Gasteiger partial charge on any atom is -0.455 e. The maximum Gasteiger partial charge on any atom is 0.250 e. The molecule has 5 rings (SSSR count). The Bertz CT molecular complexity index is 1690. The lowest BCUT2D eigenvalue weighted by atomic mass is 10.1. The van der Waals surface area contributed by atoms with E-state index in [1.54, 1.807) is 19.6 Å². The molecule has 0 aliphatic carbocycles. The van der Waals surface area contributed by atoms with Crippen LogP contribution < -0.4 is 30.8 Å². The molecular formula is C33H36N6O4. The van der Waals surface area contributed by atoms with Crippen LogP contribution in [0.25, 0.3) is 11.8 Å². The first-order valence-corrected chi connectivity index (χ1v) is 14.1. The van der Waals surface area contributed by atoms with E-state index in [2.05, 4.69) is 37.4 Å². The van der Waals surface area contributed by atoms with Gasteiger partial charge in [-0.3, -0.25) is 9.78 Å². The van der Waals surface area contributed by atoms with Crippen molar-refractivity contribution in [2.45, 2.75) is 27.2 Å². The Morgan fingerprint density at radius 3 is 2.51 bits per heavy atom. The molecule has 0 saturated heterocycles. The average Bonchev–Trinajstić information content (AvgIpc) is 3.17. The maximum atomic E-state index is 12.1. The molecule has 2 N–H and O–H groups in total. The number of methoxy groups -OCH3 is 1. The number of benzene rings is 2. The number of rotatable bonds is 11. The highest BCUT2D eigenvalue weighted by molar-refractivity contribution is 5.91. The first kappa shape index (κ1) is 29.7. The zero-order valence-electron chi connectivity index (χ0n) is 24.9. The van der Waals surface area contributed by atoms with Crippen LogP contribution in [0.2, 0.25) is 0 Å². The number of hydrogen-bond acceptors (Lipinski definition) is 9. The predicted octanol–water partition coefficient (Wildman–Crippen LogP) is 4.44. The Morgan fingerprint density at radius 1 is 0.953 bits per heavy atom. The fourth-order valence-corrected chi connectivity index (χ4v) is 4.70. The lowest BCUT2D eigenvalue weighted by molar-refractivity contribution is -0.121. The molecule has 0 unspecified atom stereocenters. The molecule has 1 aliphatic heterocycles. The second kappa shape index (κ2) is 13.9. The van der Waals surface area contributed by atoms with Crippen molar-refractivity contribution in [3.63, 3.8) is 0 Å². The Morgan fingerprint density at radius 2 is 1.77 bits per heavy atom. The van der Waals surface area contributed by atoms with Crippen molar-refractivity contribution in [3.8, 4) is 11.5 Å². The molecule has 4 aromatic rings. The minimum absolute atomic E-state index is 0.0182. The first-order chi connectivity index (χ1) is 20.9. The number of hydrogen-bond donors (Lipinski definition) is 2. The number of aromatic nitrogens is 3. The van der Waals surface area contributed by atoms with Gasteiger partial charge in [0.15, 0.2) is 0 Å². The van der Waals surface area contributed by atoms with Crippen LogP contribution >= 0.6 is 0 Å². The molecule has 43 heavy (non-hydrogen) atoms. The van der Waals surface area contributed by atoms with E-state index in [1.807, 2.05) is 74.6 Å². The van der Waals surface area contributed by atoms with Crippen molar-refractivity contribution in [1.82, 2.24) is 15.0 Å². The summed E-state index contributed by atoms with van der Waals surface area (Å²) in [5.74, 6) is 2.01. The summed E-state index contributed by atoms with van der Waals surface area (Å²) < 4.78 is 16.3. The van der Waals surface area contributed by atoms with Crippen molar-refractivity contribution in [2.75, 3.05) is 49.0 Å². The van der Waals surface area contributed by atoms with Crippen molar-refractivity contribution >= 4 is 40.6 Å². The van der Waals surface area contributed by atoms with Crippen LogP contribution in [0, 0.1) is 13.8 Å². The third-order valence-electron chi connectivity index (χ3n) is 7.01. The number of fused-ring (bicyclic) bond motifs is 1. The van der Waals surface area contributed by atoms with Crippen LogP contribution in [0.5, 0.6) is 11.5 Å². The Labute approximate surface area is 251 Å². The van der Waals surface area contributed by atoms with Gasteiger partial charge in [-0.15, -0.1) is 0 Å². The molecule has 0 fully saturated rings.